The summed E-state index contributed by atoms with van der Waals surface area (Å²) in [6.07, 6.45) is 1.66. The molecule has 0 bridgehead atoms. The summed E-state index contributed by atoms with van der Waals surface area (Å²) in [6, 6.07) is 8.17. The van der Waals surface area contributed by atoms with Crippen LogP contribution in [0.2, 0.25) is 0 Å². The number of hydrogen-bond acceptors (Lipinski definition) is 5. The molecule has 4 aromatic rings. The average Bonchev–Trinajstić information content (AvgIpc) is 3.27. The molecule has 2 heterocycles. The van der Waals surface area contributed by atoms with Gasteiger partial charge >= 0.3 is 0 Å². The normalized spacial score (nSPS) is 11.1. The molecule has 0 aliphatic heterocycles. The highest BCUT2D eigenvalue weighted by atomic mass is 32.1. The first-order valence-electron chi connectivity index (χ1n) is 8.24. The second kappa shape index (κ2) is 7.43. The SMILES string of the molecule is O=C(CCc1ncc(-c2ccccc2F)o1)Nc1nc2cc(F)c(F)cc2s1. The maximum absolute atomic E-state index is 13.8. The summed E-state index contributed by atoms with van der Waals surface area (Å²) in [7, 11) is 0. The molecule has 0 saturated carbocycles. The number of aryl methyl sites for hydroxylation is 1. The molecule has 0 fully saturated rings. The number of oxazole rings is 1. The minimum Gasteiger partial charge on any atom is -0.441 e. The van der Waals surface area contributed by atoms with E-state index in [9.17, 15) is 18.0 Å². The number of fused-ring (bicyclic) bond motifs is 1. The lowest BCUT2D eigenvalue weighted by molar-refractivity contribution is -0.116. The number of anilines is 1. The standard InChI is InChI=1S/C19H12F3N3O2S/c20-11-4-2-1-3-10(11)15-9-23-18(27-15)6-5-17(26)25-19-24-14-7-12(21)13(22)8-16(14)28-19/h1-4,7-9H,5-6H2,(H,24,25,26). The summed E-state index contributed by atoms with van der Waals surface area (Å²) in [5.74, 6) is -2.17. The lowest BCUT2D eigenvalue weighted by Crippen LogP contribution is -2.12. The molecule has 0 aliphatic rings. The van der Waals surface area contributed by atoms with Crippen LogP contribution in [0.1, 0.15) is 12.3 Å². The number of nitrogens with one attached hydrogen (secondary N) is 1. The van der Waals surface area contributed by atoms with Gasteiger partial charge in [-0.25, -0.2) is 23.1 Å². The number of halogens is 3. The summed E-state index contributed by atoms with van der Waals surface area (Å²) in [5.41, 5.74) is 0.557. The number of thiazole rings is 1. The number of amides is 1. The number of benzene rings is 2. The highest BCUT2D eigenvalue weighted by molar-refractivity contribution is 7.22. The van der Waals surface area contributed by atoms with Crippen molar-refractivity contribution in [2.75, 3.05) is 5.32 Å². The van der Waals surface area contributed by atoms with E-state index in [1.165, 1.54) is 12.3 Å². The number of nitrogens with zero attached hydrogens (tertiary/aromatic N) is 2. The molecule has 1 N–H and O–H groups in total. The first kappa shape index (κ1) is 18.2. The summed E-state index contributed by atoms with van der Waals surface area (Å²) in [4.78, 5) is 20.2. The van der Waals surface area contributed by atoms with Crippen LogP contribution >= 0.6 is 11.3 Å². The zero-order chi connectivity index (χ0) is 19.7. The van der Waals surface area contributed by atoms with Crippen molar-refractivity contribution in [3.63, 3.8) is 0 Å². The smallest absolute Gasteiger partial charge is 0.226 e. The Kier molecular flexibility index (Phi) is 4.82. The fourth-order valence-electron chi connectivity index (χ4n) is 2.59. The lowest BCUT2D eigenvalue weighted by atomic mass is 10.2. The fourth-order valence-corrected chi connectivity index (χ4v) is 3.48. The van der Waals surface area contributed by atoms with E-state index in [0.717, 1.165) is 23.5 Å². The molecule has 0 spiro atoms. The molecule has 2 aromatic heterocycles. The van der Waals surface area contributed by atoms with E-state index in [1.54, 1.807) is 18.2 Å². The van der Waals surface area contributed by atoms with Crippen LogP contribution in [0.25, 0.3) is 21.5 Å². The minimum absolute atomic E-state index is 0.0515. The molecule has 4 rings (SSSR count). The van der Waals surface area contributed by atoms with Crippen molar-refractivity contribution in [2.24, 2.45) is 0 Å². The molecule has 142 valence electrons. The Labute approximate surface area is 160 Å². The predicted octanol–water partition coefficient (Wildman–Crippen LogP) is 4.94. The van der Waals surface area contributed by atoms with E-state index in [0.29, 0.717) is 16.2 Å². The van der Waals surface area contributed by atoms with E-state index >= 15 is 0 Å². The Morgan fingerprint density at radius 1 is 1.11 bits per heavy atom. The molecule has 0 atom stereocenters. The molecule has 2 aromatic carbocycles. The van der Waals surface area contributed by atoms with Crippen molar-refractivity contribution in [1.82, 2.24) is 9.97 Å². The number of rotatable bonds is 5. The second-order valence-corrected chi connectivity index (χ2v) is 6.93. The molecule has 0 aliphatic carbocycles. The van der Waals surface area contributed by atoms with Gasteiger partial charge in [0.15, 0.2) is 28.4 Å². The van der Waals surface area contributed by atoms with E-state index in [2.05, 4.69) is 15.3 Å². The van der Waals surface area contributed by atoms with Crippen LogP contribution in [0.5, 0.6) is 0 Å². The summed E-state index contributed by atoms with van der Waals surface area (Å²) in [5, 5.41) is 2.82. The quantitative estimate of drug-likeness (QED) is 0.513. The van der Waals surface area contributed by atoms with Gasteiger partial charge in [0.25, 0.3) is 0 Å². The third-order valence-corrected chi connectivity index (χ3v) is 4.87. The van der Waals surface area contributed by atoms with E-state index in [4.69, 9.17) is 4.42 Å². The third kappa shape index (κ3) is 3.74. The van der Waals surface area contributed by atoms with Gasteiger partial charge in [0.05, 0.1) is 22.0 Å². The Hall–Kier alpha value is -3.20. The topological polar surface area (TPSA) is 68.0 Å². The van der Waals surface area contributed by atoms with Gasteiger partial charge in [0, 0.05) is 18.9 Å². The van der Waals surface area contributed by atoms with Gasteiger partial charge in [-0.15, -0.1) is 0 Å². The van der Waals surface area contributed by atoms with E-state index in [-0.39, 0.29) is 35.2 Å². The molecular formula is C19H12F3N3O2S. The summed E-state index contributed by atoms with van der Waals surface area (Å²) < 4.78 is 46.2. The van der Waals surface area contributed by atoms with Crippen molar-refractivity contribution < 1.29 is 22.4 Å². The van der Waals surface area contributed by atoms with Crippen LogP contribution < -0.4 is 5.32 Å². The van der Waals surface area contributed by atoms with Gasteiger partial charge in [-0.05, 0) is 18.2 Å². The van der Waals surface area contributed by atoms with Crippen LogP contribution in [0.3, 0.4) is 0 Å². The maximum atomic E-state index is 13.8. The van der Waals surface area contributed by atoms with Crippen molar-refractivity contribution in [2.45, 2.75) is 12.8 Å². The van der Waals surface area contributed by atoms with Gasteiger partial charge in [-0.2, -0.15) is 0 Å². The van der Waals surface area contributed by atoms with Gasteiger partial charge < -0.3 is 9.73 Å². The van der Waals surface area contributed by atoms with Gasteiger partial charge in [0.1, 0.15) is 5.82 Å². The number of aromatic nitrogens is 2. The molecule has 0 unspecified atom stereocenters. The van der Waals surface area contributed by atoms with Crippen LogP contribution in [-0.2, 0) is 11.2 Å². The van der Waals surface area contributed by atoms with Crippen molar-refractivity contribution in [3.05, 3.63) is 65.9 Å². The third-order valence-electron chi connectivity index (χ3n) is 3.94. The monoisotopic (exact) mass is 403 g/mol. The first-order chi connectivity index (χ1) is 13.5. The number of hydrogen-bond donors (Lipinski definition) is 1. The number of carbonyl (C=O) groups is 1. The maximum Gasteiger partial charge on any atom is 0.226 e. The van der Waals surface area contributed by atoms with Crippen molar-refractivity contribution in [3.8, 4) is 11.3 Å². The molecule has 28 heavy (non-hydrogen) atoms. The molecule has 9 heteroatoms. The largest absolute Gasteiger partial charge is 0.441 e. The number of carbonyl (C=O) groups excluding carboxylic acids is 1. The summed E-state index contributed by atoms with van der Waals surface area (Å²) >= 11 is 1.04. The van der Waals surface area contributed by atoms with Crippen LogP contribution in [0.15, 0.2) is 47.0 Å². The second-order valence-electron chi connectivity index (χ2n) is 5.90. The Balaban J connectivity index is 1.39. The van der Waals surface area contributed by atoms with Gasteiger partial charge in [-0.3, -0.25) is 4.79 Å². The minimum atomic E-state index is -0.995. The summed E-state index contributed by atoms with van der Waals surface area (Å²) in [6.45, 7) is 0. The van der Waals surface area contributed by atoms with Crippen LogP contribution in [-0.4, -0.2) is 15.9 Å². The zero-order valence-corrected chi connectivity index (χ0v) is 15.0. The van der Waals surface area contributed by atoms with Crippen LogP contribution in [0, 0.1) is 17.5 Å². The highest BCUT2D eigenvalue weighted by Crippen LogP contribution is 2.28. The Morgan fingerprint density at radius 3 is 2.71 bits per heavy atom. The Bertz CT molecular complexity index is 1130. The van der Waals surface area contributed by atoms with Crippen molar-refractivity contribution in [1.29, 1.82) is 0 Å². The zero-order valence-electron chi connectivity index (χ0n) is 14.2. The lowest BCUT2D eigenvalue weighted by Gasteiger charge is -2.00. The van der Waals surface area contributed by atoms with Crippen LogP contribution in [0.4, 0.5) is 18.3 Å². The highest BCUT2D eigenvalue weighted by Gasteiger charge is 2.14. The molecule has 0 saturated heterocycles. The van der Waals surface area contributed by atoms with E-state index in [1.807, 2.05) is 0 Å². The first-order valence-corrected chi connectivity index (χ1v) is 9.06. The average molecular weight is 403 g/mol. The molecule has 0 radical (unpaired) electrons. The van der Waals surface area contributed by atoms with Crippen molar-refractivity contribution >= 4 is 32.6 Å². The van der Waals surface area contributed by atoms with Gasteiger partial charge in [-0.1, -0.05) is 23.5 Å². The Morgan fingerprint density at radius 2 is 1.89 bits per heavy atom. The van der Waals surface area contributed by atoms with E-state index < -0.39 is 17.5 Å². The van der Waals surface area contributed by atoms with Gasteiger partial charge in [0.2, 0.25) is 5.91 Å². The predicted molar refractivity (Wildman–Crippen MR) is 98.4 cm³/mol. The fraction of sp³-hybridized carbons (Fsp3) is 0.105. The molecular weight excluding hydrogens is 391 g/mol. The molecule has 1 amide bonds. The molecule has 5 nitrogen and oxygen atoms in total.